The number of benzene rings is 2. The lowest BCUT2D eigenvalue weighted by molar-refractivity contribution is -0.155. The number of amides is 3. The number of carboxylic acids is 1. The van der Waals surface area contributed by atoms with E-state index in [-0.39, 0.29) is 87.3 Å². The molecule has 3 amide bonds. The van der Waals surface area contributed by atoms with Gasteiger partial charge in [0.15, 0.2) is 11.4 Å². The number of esters is 1. The van der Waals surface area contributed by atoms with Crippen LogP contribution >= 0.6 is 0 Å². The van der Waals surface area contributed by atoms with E-state index in [1.165, 1.54) is 26.7 Å². The first-order valence-corrected chi connectivity index (χ1v) is 27.7. The highest BCUT2D eigenvalue weighted by Gasteiger charge is 2.40. The number of alkyl halides is 6. The highest BCUT2D eigenvalue weighted by atomic mass is 19.4. The van der Waals surface area contributed by atoms with E-state index in [4.69, 9.17) is 24.1 Å². The second kappa shape index (κ2) is 26.4. The molecule has 2 N–H and O–H groups in total. The quantitative estimate of drug-likeness (QED) is 0.0542. The van der Waals surface area contributed by atoms with Crippen molar-refractivity contribution >= 4 is 41.2 Å². The zero-order valence-corrected chi connectivity index (χ0v) is 46.8. The van der Waals surface area contributed by atoms with Crippen molar-refractivity contribution in [3.63, 3.8) is 0 Å². The van der Waals surface area contributed by atoms with Crippen LogP contribution in [0.3, 0.4) is 0 Å². The van der Waals surface area contributed by atoms with E-state index in [9.17, 15) is 50.3 Å². The number of hydrogen-bond donors (Lipinski definition) is 2. The molecule has 2 aromatic heterocycles. The molecule has 0 spiro atoms. The van der Waals surface area contributed by atoms with Crippen molar-refractivity contribution in [1.82, 2.24) is 29.8 Å². The second-order valence-corrected chi connectivity index (χ2v) is 22.9. The van der Waals surface area contributed by atoms with Crippen molar-refractivity contribution in [1.29, 1.82) is 0 Å². The van der Waals surface area contributed by atoms with Gasteiger partial charge in [0.05, 0.1) is 31.5 Å². The van der Waals surface area contributed by atoms with Crippen LogP contribution in [0.2, 0.25) is 0 Å². The summed E-state index contributed by atoms with van der Waals surface area (Å²) in [7, 11) is 0. The molecule has 2 aromatic carbocycles. The van der Waals surface area contributed by atoms with E-state index in [1.54, 1.807) is 87.7 Å². The van der Waals surface area contributed by atoms with Crippen LogP contribution in [0, 0.1) is 0 Å². The standard InChI is InChI=1S/C33H45F3N4O6.C24H29F3N4O4/c1-31(2,3)45-28(42)15-16-38(30(43)46-32(4,5)6)20-27(41)39-17-14-22-18-25(12-13-26(22)39)44-21-23-19-40(24-10-8-7-9-11-24)37-29(23)33(34,35)36;25-24(26,27)23-17(14-31(29-23)18-4-2-1-3-5-18)15-35-19-6-7-20-16(12-19)9-11-30(20)21(32)13-28-10-8-22(33)34/h12-13,18-19,24H,7-11,14-17,20-21H2,1-6H3;6-7,12,14,18,28H,1-5,8-11,13,15H2,(H,33,34). The van der Waals surface area contributed by atoms with Gasteiger partial charge in [-0.25, -0.2) is 4.79 Å². The molecule has 2 aliphatic heterocycles. The Morgan fingerprint density at radius 2 is 1.10 bits per heavy atom. The molecule has 24 heteroatoms. The van der Waals surface area contributed by atoms with Crippen molar-refractivity contribution in [2.75, 3.05) is 49.1 Å². The summed E-state index contributed by atoms with van der Waals surface area (Å²) in [6.45, 7) is 10.5. The molecular formula is C57H74F6N8O10. The highest BCUT2D eigenvalue weighted by Crippen LogP contribution is 2.38. The number of fused-ring (bicyclic) bond motifs is 2. The van der Waals surface area contributed by atoms with Gasteiger partial charge in [-0.15, -0.1) is 0 Å². The minimum Gasteiger partial charge on any atom is -0.489 e. The second-order valence-electron chi connectivity index (χ2n) is 22.9. The Hall–Kier alpha value is -6.85. The summed E-state index contributed by atoms with van der Waals surface area (Å²) in [6, 6.07) is 10.1. The van der Waals surface area contributed by atoms with Gasteiger partial charge in [-0.2, -0.15) is 36.5 Å². The van der Waals surface area contributed by atoms with Crippen LogP contribution in [0.4, 0.5) is 42.5 Å². The minimum absolute atomic E-state index is 0.00723. The highest BCUT2D eigenvalue weighted by molar-refractivity contribution is 5.98. The van der Waals surface area contributed by atoms with Gasteiger partial charge in [-0.1, -0.05) is 38.5 Å². The predicted octanol–water partition coefficient (Wildman–Crippen LogP) is 10.8. The third kappa shape index (κ3) is 17.6. The number of nitrogens with zero attached hydrogens (tertiary/aromatic N) is 7. The molecule has 0 saturated heterocycles. The van der Waals surface area contributed by atoms with Gasteiger partial charge >= 0.3 is 30.4 Å². The van der Waals surface area contributed by atoms with E-state index in [1.807, 2.05) is 0 Å². The number of ether oxygens (including phenoxy) is 4. The third-order valence-corrected chi connectivity index (χ3v) is 14.1. The molecule has 4 aromatic rings. The Bertz CT molecular complexity index is 2840. The van der Waals surface area contributed by atoms with E-state index >= 15 is 0 Å². The molecule has 4 aliphatic rings. The molecule has 2 aliphatic carbocycles. The van der Waals surface area contributed by atoms with Crippen LogP contribution in [-0.4, -0.2) is 110 Å². The van der Waals surface area contributed by atoms with Gasteiger partial charge in [-0.05, 0) is 128 Å². The number of carbonyl (C=O) groups excluding carboxylic acids is 4. The largest absolute Gasteiger partial charge is 0.489 e. The zero-order valence-electron chi connectivity index (χ0n) is 46.8. The first-order chi connectivity index (χ1) is 38.1. The summed E-state index contributed by atoms with van der Waals surface area (Å²) in [5.74, 6) is -1.18. The van der Waals surface area contributed by atoms with Gasteiger partial charge in [0.1, 0.15) is 42.5 Å². The van der Waals surface area contributed by atoms with E-state index in [0.29, 0.717) is 43.1 Å². The average Bonchev–Trinajstić information content (AvgIpc) is 4.22. The first-order valence-electron chi connectivity index (χ1n) is 27.7. The van der Waals surface area contributed by atoms with E-state index in [0.717, 1.165) is 81.0 Å². The van der Waals surface area contributed by atoms with Crippen LogP contribution < -0.4 is 24.6 Å². The summed E-state index contributed by atoms with van der Waals surface area (Å²) in [5, 5.41) is 19.3. The van der Waals surface area contributed by atoms with E-state index in [2.05, 4.69) is 15.5 Å². The maximum Gasteiger partial charge on any atom is 0.435 e. The van der Waals surface area contributed by atoms with Crippen LogP contribution in [0.1, 0.15) is 164 Å². The molecule has 2 fully saturated rings. The third-order valence-electron chi connectivity index (χ3n) is 14.1. The first kappa shape index (κ1) is 61.8. The fourth-order valence-corrected chi connectivity index (χ4v) is 10.3. The number of anilines is 2. The van der Waals surface area contributed by atoms with Gasteiger partial charge in [0, 0.05) is 61.1 Å². The van der Waals surface area contributed by atoms with Crippen molar-refractivity contribution in [3.8, 4) is 11.5 Å². The maximum absolute atomic E-state index is 13.8. The molecular weight excluding hydrogens is 1070 g/mol. The summed E-state index contributed by atoms with van der Waals surface area (Å²) < 4.78 is 107. The lowest BCUT2D eigenvalue weighted by atomic mass is 9.96. The summed E-state index contributed by atoms with van der Waals surface area (Å²) in [4.78, 5) is 66.1. The zero-order chi connectivity index (χ0) is 58.9. The fraction of sp³-hybridized carbons (Fsp3) is 0.596. The van der Waals surface area contributed by atoms with Gasteiger partial charge in [-0.3, -0.25) is 33.4 Å². The number of hydrogen-bond acceptors (Lipinski definition) is 12. The van der Waals surface area contributed by atoms with Gasteiger partial charge in [0.2, 0.25) is 11.8 Å². The van der Waals surface area contributed by atoms with Crippen molar-refractivity contribution in [2.45, 2.75) is 180 Å². The van der Waals surface area contributed by atoms with Gasteiger partial charge < -0.3 is 39.2 Å². The Labute approximate surface area is 467 Å². The number of carboxylic acid groups (broad SMARTS) is 1. The van der Waals surface area contributed by atoms with Crippen LogP contribution in [0.5, 0.6) is 11.5 Å². The smallest absolute Gasteiger partial charge is 0.435 e. The van der Waals surface area contributed by atoms with Crippen molar-refractivity contribution < 1.29 is 74.4 Å². The molecule has 0 atom stereocenters. The molecule has 81 heavy (non-hydrogen) atoms. The topological polar surface area (TPSA) is 200 Å². The normalized spacial score (nSPS) is 16.0. The number of nitrogens with one attached hydrogen (secondary N) is 1. The van der Waals surface area contributed by atoms with Crippen molar-refractivity contribution in [2.24, 2.45) is 0 Å². The van der Waals surface area contributed by atoms with Gasteiger partial charge in [0.25, 0.3) is 0 Å². The minimum atomic E-state index is -4.60. The number of carbonyl (C=O) groups is 5. The van der Waals surface area contributed by atoms with Crippen molar-refractivity contribution in [3.05, 3.63) is 82.4 Å². The van der Waals surface area contributed by atoms with Crippen LogP contribution in [0.15, 0.2) is 48.8 Å². The number of halogens is 6. The number of aliphatic carboxylic acids is 1. The molecule has 18 nitrogen and oxygen atoms in total. The summed E-state index contributed by atoms with van der Waals surface area (Å²) >= 11 is 0. The maximum atomic E-state index is 13.8. The lowest BCUT2D eigenvalue weighted by Gasteiger charge is -2.29. The Balaban J connectivity index is 0.000000242. The van der Waals surface area contributed by atoms with Crippen LogP contribution in [0.25, 0.3) is 0 Å². The molecule has 0 radical (unpaired) electrons. The van der Waals surface area contributed by atoms with Crippen LogP contribution in [-0.2, 0) is 67.1 Å². The molecule has 0 unspecified atom stereocenters. The lowest BCUT2D eigenvalue weighted by Crippen LogP contribution is -2.45. The average molecular weight is 1150 g/mol. The fourth-order valence-electron chi connectivity index (χ4n) is 10.3. The Kier molecular flexibility index (Phi) is 20.1. The Morgan fingerprint density at radius 1 is 0.642 bits per heavy atom. The molecule has 444 valence electrons. The summed E-state index contributed by atoms with van der Waals surface area (Å²) in [5.41, 5.74) is -0.351. The molecule has 4 heterocycles. The molecule has 0 bridgehead atoms. The molecule has 8 rings (SSSR count). The van der Waals surface area contributed by atoms with E-state index < -0.39 is 53.0 Å². The number of aromatic nitrogens is 4. The summed E-state index contributed by atoms with van der Waals surface area (Å²) in [6.07, 6.45) is 3.30. The predicted molar refractivity (Wildman–Crippen MR) is 286 cm³/mol. The number of rotatable bonds is 18. The monoisotopic (exact) mass is 1140 g/mol. The SMILES string of the molecule is CC(C)(C)OC(=O)CCN(CC(=O)N1CCc2cc(OCc3cn(C4CCCCC4)nc3C(F)(F)F)ccc21)C(=O)OC(C)(C)C.O=C(O)CCNCC(=O)N1CCc2cc(OCc3cn(C4CCCCC4)nc3C(F)(F)F)ccc21. The molecule has 2 saturated carbocycles. The Morgan fingerprint density at radius 3 is 1.53 bits per heavy atom.